The molecular formula is C30H34ClN3O5S. The third-order valence-corrected chi connectivity index (χ3v) is 9.11. The minimum Gasteiger partial charge on any atom is -0.497 e. The van der Waals surface area contributed by atoms with Crippen molar-refractivity contribution in [3.63, 3.8) is 0 Å². The Bertz CT molecular complexity index is 1410. The normalized spacial score (nSPS) is 14.4. The van der Waals surface area contributed by atoms with Crippen LogP contribution in [0.4, 0.5) is 5.69 Å². The van der Waals surface area contributed by atoms with Crippen molar-refractivity contribution >= 4 is 39.1 Å². The van der Waals surface area contributed by atoms with Gasteiger partial charge in [-0.15, -0.1) is 0 Å². The van der Waals surface area contributed by atoms with Crippen molar-refractivity contribution < 1.29 is 22.7 Å². The molecule has 1 aliphatic rings. The van der Waals surface area contributed by atoms with Crippen LogP contribution >= 0.6 is 11.6 Å². The molecule has 1 saturated carbocycles. The van der Waals surface area contributed by atoms with Crippen molar-refractivity contribution in [3.05, 3.63) is 89.4 Å². The minimum absolute atomic E-state index is 0.0384. The summed E-state index contributed by atoms with van der Waals surface area (Å²) < 4.78 is 33.9. The predicted molar refractivity (Wildman–Crippen MR) is 156 cm³/mol. The maximum absolute atomic E-state index is 14.0. The second-order valence-electron chi connectivity index (χ2n) is 9.84. The topological polar surface area (TPSA) is 96.0 Å². The van der Waals surface area contributed by atoms with E-state index in [1.165, 1.54) is 23.1 Å². The Morgan fingerprint density at radius 2 is 1.68 bits per heavy atom. The summed E-state index contributed by atoms with van der Waals surface area (Å²) in [6.07, 6.45) is 3.92. The van der Waals surface area contributed by atoms with Crippen LogP contribution in [0.15, 0.2) is 83.8 Å². The number of rotatable bonds is 11. The molecule has 212 valence electrons. The average Bonchev–Trinajstić information content (AvgIpc) is 3.48. The van der Waals surface area contributed by atoms with Gasteiger partial charge in [0, 0.05) is 17.6 Å². The number of amides is 2. The Balaban J connectivity index is 1.67. The Kier molecular flexibility index (Phi) is 9.71. The van der Waals surface area contributed by atoms with Gasteiger partial charge in [0.05, 0.1) is 17.7 Å². The number of sulfonamides is 1. The first-order valence-electron chi connectivity index (χ1n) is 13.2. The second-order valence-corrected chi connectivity index (χ2v) is 12.1. The molecule has 0 saturated heterocycles. The molecule has 3 aromatic rings. The lowest BCUT2D eigenvalue weighted by atomic mass is 10.1. The molecule has 0 aliphatic heterocycles. The number of hydrogen-bond donors (Lipinski definition) is 1. The van der Waals surface area contributed by atoms with Gasteiger partial charge in [-0.05, 0) is 67.8 Å². The highest BCUT2D eigenvalue weighted by Crippen LogP contribution is 2.27. The maximum atomic E-state index is 14.0. The molecule has 0 heterocycles. The molecule has 1 aliphatic carbocycles. The minimum atomic E-state index is -4.14. The van der Waals surface area contributed by atoms with Crippen LogP contribution in [0.2, 0.25) is 5.02 Å². The fourth-order valence-corrected chi connectivity index (χ4v) is 6.39. The van der Waals surface area contributed by atoms with Gasteiger partial charge in [-0.1, -0.05) is 60.8 Å². The van der Waals surface area contributed by atoms with E-state index in [1.807, 2.05) is 12.1 Å². The van der Waals surface area contributed by atoms with Crippen LogP contribution in [0.1, 0.15) is 38.2 Å². The van der Waals surface area contributed by atoms with E-state index >= 15 is 0 Å². The van der Waals surface area contributed by atoms with Gasteiger partial charge in [0.2, 0.25) is 11.8 Å². The molecule has 2 amide bonds. The summed E-state index contributed by atoms with van der Waals surface area (Å²) in [5.74, 6) is -0.131. The number of methoxy groups -OCH3 is 1. The summed E-state index contributed by atoms with van der Waals surface area (Å²) in [7, 11) is -2.57. The summed E-state index contributed by atoms with van der Waals surface area (Å²) >= 11 is 6.21. The Hall–Kier alpha value is -3.56. The van der Waals surface area contributed by atoms with Crippen LogP contribution in [-0.2, 0) is 26.2 Å². The van der Waals surface area contributed by atoms with Crippen molar-refractivity contribution in [3.8, 4) is 5.75 Å². The van der Waals surface area contributed by atoms with E-state index in [4.69, 9.17) is 16.3 Å². The zero-order valence-electron chi connectivity index (χ0n) is 22.6. The molecule has 1 unspecified atom stereocenters. The van der Waals surface area contributed by atoms with E-state index in [9.17, 15) is 18.0 Å². The number of nitrogens with zero attached hydrogens (tertiary/aromatic N) is 2. The quantitative estimate of drug-likeness (QED) is 0.342. The van der Waals surface area contributed by atoms with Crippen LogP contribution < -0.4 is 14.4 Å². The van der Waals surface area contributed by atoms with E-state index in [2.05, 4.69) is 5.32 Å². The molecule has 1 atom stereocenters. The van der Waals surface area contributed by atoms with E-state index in [0.29, 0.717) is 10.8 Å². The first-order chi connectivity index (χ1) is 19.2. The summed E-state index contributed by atoms with van der Waals surface area (Å²) in [6, 6.07) is 20.7. The molecule has 0 radical (unpaired) electrons. The largest absolute Gasteiger partial charge is 0.497 e. The first-order valence-corrected chi connectivity index (χ1v) is 15.1. The van der Waals surface area contributed by atoms with Crippen molar-refractivity contribution in [2.24, 2.45) is 0 Å². The van der Waals surface area contributed by atoms with Crippen LogP contribution in [-0.4, -0.2) is 50.9 Å². The highest BCUT2D eigenvalue weighted by molar-refractivity contribution is 7.92. The number of anilines is 1. The van der Waals surface area contributed by atoms with Crippen LogP contribution in [0.25, 0.3) is 0 Å². The zero-order valence-corrected chi connectivity index (χ0v) is 24.2. The monoisotopic (exact) mass is 583 g/mol. The Labute approximate surface area is 240 Å². The van der Waals surface area contributed by atoms with E-state index < -0.39 is 28.5 Å². The van der Waals surface area contributed by atoms with Gasteiger partial charge >= 0.3 is 0 Å². The number of nitrogens with one attached hydrogen (secondary N) is 1. The third kappa shape index (κ3) is 7.14. The molecule has 4 rings (SSSR count). The van der Waals surface area contributed by atoms with Crippen LogP contribution in [0.5, 0.6) is 5.75 Å². The number of carbonyl (C=O) groups is 2. The summed E-state index contributed by atoms with van der Waals surface area (Å²) in [5.41, 5.74) is 1.02. The van der Waals surface area contributed by atoms with Crippen molar-refractivity contribution in [2.45, 2.75) is 56.1 Å². The molecule has 0 spiro atoms. The van der Waals surface area contributed by atoms with E-state index in [-0.39, 0.29) is 29.1 Å². The highest BCUT2D eigenvalue weighted by atomic mass is 35.5. The zero-order chi connectivity index (χ0) is 28.7. The lowest BCUT2D eigenvalue weighted by Crippen LogP contribution is -2.52. The molecule has 1 fully saturated rings. The van der Waals surface area contributed by atoms with Crippen molar-refractivity contribution in [1.82, 2.24) is 10.2 Å². The molecule has 40 heavy (non-hydrogen) atoms. The van der Waals surface area contributed by atoms with Gasteiger partial charge in [0.15, 0.2) is 0 Å². The molecule has 8 nitrogen and oxygen atoms in total. The van der Waals surface area contributed by atoms with E-state index in [1.54, 1.807) is 62.6 Å². The van der Waals surface area contributed by atoms with Gasteiger partial charge in [0.1, 0.15) is 18.3 Å². The average molecular weight is 584 g/mol. The number of halogens is 1. The van der Waals surface area contributed by atoms with Gasteiger partial charge in [-0.3, -0.25) is 13.9 Å². The lowest BCUT2D eigenvalue weighted by molar-refractivity contribution is -0.139. The van der Waals surface area contributed by atoms with Crippen LogP contribution in [0.3, 0.4) is 0 Å². The fraction of sp³-hybridized carbons (Fsp3) is 0.333. The Morgan fingerprint density at radius 3 is 2.30 bits per heavy atom. The van der Waals surface area contributed by atoms with Gasteiger partial charge in [0.25, 0.3) is 10.0 Å². The lowest BCUT2D eigenvalue weighted by Gasteiger charge is -2.32. The van der Waals surface area contributed by atoms with Gasteiger partial charge in [-0.25, -0.2) is 8.42 Å². The van der Waals surface area contributed by atoms with Crippen LogP contribution in [0, 0.1) is 0 Å². The van der Waals surface area contributed by atoms with Crippen molar-refractivity contribution in [1.29, 1.82) is 0 Å². The Morgan fingerprint density at radius 1 is 1.00 bits per heavy atom. The summed E-state index contributed by atoms with van der Waals surface area (Å²) in [5, 5.41) is 3.40. The summed E-state index contributed by atoms with van der Waals surface area (Å²) in [4.78, 5) is 28.7. The molecule has 0 bridgehead atoms. The third-order valence-electron chi connectivity index (χ3n) is 7.09. The van der Waals surface area contributed by atoms with Crippen molar-refractivity contribution in [2.75, 3.05) is 18.0 Å². The molecular weight excluding hydrogens is 550 g/mol. The number of carbonyl (C=O) groups excluding carboxylic acids is 2. The molecule has 3 aromatic carbocycles. The van der Waals surface area contributed by atoms with Gasteiger partial charge in [-0.2, -0.15) is 0 Å². The van der Waals surface area contributed by atoms with E-state index in [0.717, 1.165) is 35.6 Å². The number of benzene rings is 3. The molecule has 10 heteroatoms. The highest BCUT2D eigenvalue weighted by Gasteiger charge is 2.33. The maximum Gasteiger partial charge on any atom is 0.264 e. The molecule has 0 aromatic heterocycles. The number of hydrogen-bond acceptors (Lipinski definition) is 5. The molecule has 1 N–H and O–H groups in total. The fourth-order valence-electron chi connectivity index (χ4n) is 4.78. The first kappa shape index (κ1) is 29.4. The predicted octanol–water partition coefficient (Wildman–Crippen LogP) is 5.02. The van der Waals surface area contributed by atoms with Gasteiger partial charge < -0.3 is 15.0 Å². The standard InChI is InChI=1S/C30H34ClN3O5S/c1-22(30(36)32-25-10-6-7-11-25)33(20-23-15-17-27(39-2)18-16-23)29(35)21-34(26-12-8-9-24(31)19-26)40(37,38)28-13-4-3-5-14-28/h3-5,8-9,12-19,22,25H,6-7,10-11,20-21H2,1-2H3,(H,32,36). The number of ether oxygens (including phenoxy) is 1. The second kappa shape index (κ2) is 13.2. The smallest absolute Gasteiger partial charge is 0.264 e. The summed E-state index contributed by atoms with van der Waals surface area (Å²) in [6.45, 7) is 1.26. The SMILES string of the molecule is COc1ccc(CN(C(=O)CN(c2cccc(Cl)c2)S(=O)(=O)c2ccccc2)C(C)C(=O)NC2CCCC2)cc1.